The summed E-state index contributed by atoms with van der Waals surface area (Å²) in [6.45, 7) is 9.13. The molecule has 94 valence electrons. The van der Waals surface area contributed by atoms with Gasteiger partial charge in [-0.3, -0.25) is 0 Å². The van der Waals surface area contributed by atoms with Crippen molar-refractivity contribution < 1.29 is 0 Å². The largest absolute Gasteiger partial charge is 0.316 e. The molecule has 1 aliphatic carbocycles. The monoisotopic (exact) mass is 231 g/mol. The van der Waals surface area contributed by atoms with Crippen LogP contribution >= 0.6 is 0 Å². The highest BCUT2D eigenvalue weighted by atomic mass is 14.9. The molecule has 1 heteroatoms. The predicted octanol–water partition coefficient (Wildman–Crippen LogP) is 3.48. The van der Waals surface area contributed by atoms with E-state index in [2.05, 4.69) is 58.3 Å². The summed E-state index contributed by atoms with van der Waals surface area (Å²) in [4.78, 5) is 0. The molecule has 0 aromatic heterocycles. The van der Waals surface area contributed by atoms with Gasteiger partial charge < -0.3 is 5.32 Å². The summed E-state index contributed by atoms with van der Waals surface area (Å²) < 4.78 is 0. The summed E-state index contributed by atoms with van der Waals surface area (Å²) >= 11 is 0. The Morgan fingerprint density at radius 1 is 1.24 bits per heavy atom. The quantitative estimate of drug-likeness (QED) is 0.836. The summed E-state index contributed by atoms with van der Waals surface area (Å²) in [5.41, 5.74) is 4.78. The second-order valence-corrected chi connectivity index (χ2v) is 6.39. The third-order valence-electron chi connectivity index (χ3n) is 4.18. The Bertz CT molecular complexity index is 386. The zero-order valence-corrected chi connectivity index (χ0v) is 11.8. The van der Waals surface area contributed by atoms with Crippen LogP contribution in [0.25, 0.3) is 0 Å². The lowest BCUT2D eigenvalue weighted by Crippen LogP contribution is -2.31. The van der Waals surface area contributed by atoms with Gasteiger partial charge in [0.05, 0.1) is 0 Å². The highest BCUT2D eigenvalue weighted by molar-refractivity contribution is 5.29. The Morgan fingerprint density at radius 2 is 1.76 bits per heavy atom. The Hall–Kier alpha value is -0.820. The van der Waals surface area contributed by atoms with E-state index in [4.69, 9.17) is 0 Å². The molecule has 2 atom stereocenters. The first-order valence-corrected chi connectivity index (χ1v) is 6.67. The molecule has 0 spiro atoms. The maximum Gasteiger partial charge on any atom is 0.0138 e. The number of likely N-dealkylation sites (N-methyl/N-ethyl adjacent to an activating group) is 1. The molecule has 2 rings (SSSR count). The molecule has 1 aromatic rings. The van der Waals surface area contributed by atoms with E-state index >= 15 is 0 Å². The molecule has 0 bridgehead atoms. The molecule has 0 heterocycles. The van der Waals surface area contributed by atoms with E-state index < -0.39 is 0 Å². The van der Waals surface area contributed by atoms with Gasteiger partial charge in [0.2, 0.25) is 0 Å². The minimum atomic E-state index is 0.548. The normalized spacial score (nSPS) is 23.5. The lowest BCUT2D eigenvalue weighted by atomic mass is 9.95. The Kier molecular flexibility index (Phi) is 3.31. The van der Waals surface area contributed by atoms with Crippen molar-refractivity contribution in [2.75, 3.05) is 7.05 Å². The van der Waals surface area contributed by atoms with Gasteiger partial charge in [-0.25, -0.2) is 0 Å². The third-order valence-corrected chi connectivity index (χ3v) is 4.18. The van der Waals surface area contributed by atoms with Gasteiger partial charge in [-0.1, -0.05) is 43.2 Å². The van der Waals surface area contributed by atoms with Crippen LogP contribution < -0.4 is 5.32 Å². The van der Waals surface area contributed by atoms with E-state index in [1.54, 1.807) is 0 Å². The van der Waals surface area contributed by atoms with Gasteiger partial charge in [0.25, 0.3) is 0 Å². The van der Waals surface area contributed by atoms with Crippen LogP contribution in [0.4, 0.5) is 0 Å². The van der Waals surface area contributed by atoms with Crippen LogP contribution in [0.15, 0.2) is 18.2 Å². The zero-order chi connectivity index (χ0) is 12.6. The SMILES string of the molecule is CNC(Cc1cc(C)cc(C)c1)C1CC1(C)C. The van der Waals surface area contributed by atoms with Crippen molar-refractivity contribution in [3.05, 3.63) is 34.9 Å². The molecule has 1 aromatic carbocycles. The molecular formula is C16H25N. The van der Waals surface area contributed by atoms with Crippen molar-refractivity contribution >= 4 is 0 Å². The van der Waals surface area contributed by atoms with E-state index in [9.17, 15) is 0 Å². The number of nitrogens with one attached hydrogen (secondary N) is 1. The first kappa shape index (κ1) is 12.6. The van der Waals surface area contributed by atoms with E-state index in [0.29, 0.717) is 11.5 Å². The highest BCUT2D eigenvalue weighted by Crippen LogP contribution is 2.53. The van der Waals surface area contributed by atoms with Crippen LogP contribution in [-0.2, 0) is 6.42 Å². The fourth-order valence-electron chi connectivity index (χ4n) is 3.08. The molecule has 0 radical (unpaired) electrons. The molecule has 0 saturated heterocycles. The van der Waals surface area contributed by atoms with Crippen LogP contribution in [-0.4, -0.2) is 13.1 Å². The van der Waals surface area contributed by atoms with Crippen molar-refractivity contribution in [2.24, 2.45) is 11.3 Å². The molecule has 0 amide bonds. The van der Waals surface area contributed by atoms with Gasteiger partial charge in [-0.05, 0) is 50.6 Å². The maximum absolute atomic E-state index is 3.51. The van der Waals surface area contributed by atoms with Gasteiger partial charge in [0.15, 0.2) is 0 Å². The number of hydrogen-bond donors (Lipinski definition) is 1. The first-order valence-electron chi connectivity index (χ1n) is 6.67. The van der Waals surface area contributed by atoms with Crippen molar-refractivity contribution in [3.8, 4) is 0 Å². The molecule has 1 fully saturated rings. The molecule has 1 saturated carbocycles. The number of aryl methyl sites for hydroxylation is 2. The van der Waals surface area contributed by atoms with Crippen molar-refractivity contribution in [2.45, 2.75) is 46.6 Å². The van der Waals surface area contributed by atoms with Crippen LogP contribution in [0.3, 0.4) is 0 Å². The van der Waals surface area contributed by atoms with Crippen LogP contribution in [0.5, 0.6) is 0 Å². The van der Waals surface area contributed by atoms with Crippen molar-refractivity contribution in [1.82, 2.24) is 5.32 Å². The van der Waals surface area contributed by atoms with Gasteiger partial charge in [-0.15, -0.1) is 0 Å². The number of hydrogen-bond acceptors (Lipinski definition) is 1. The fraction of sp³-hybridized carbons (Fsp3) is 0.625. The Morgan fingerprint density at radius 3 is 2.18 bits per heavy atom. The van der Waals surface area contributed by atoms with Crippen molar-refractivity contribution in [1.29, 1.82) is 0 Å². The second kappa shape index (κ2) is 4.45. The number of rotatable bonds is 4. The third kappa shape index (κ3) is 2.90. The van der Waals surface area contributed by atoms with Crippen LogP contribution in [0.2, 0.25) is 0 Å². The second-order valence-electron chi connectivity index (χ2n) is 6.39. The van der Waals surface area contributed by atoms with E-state index in [0.717, 1.165) is 12.3 Å². The van der Waals surface area contributed by atoms with Gasteiger partial charge in [0.1, 0.15) is 0 Å². The first-order chi connectivity index (χ1) is 7.92. The standard InChI is InChI=1S/C16H25N/c1-11-6-12(2)8-13(7-11)9-15(17-5)14-10-16(14,3)4/h6-8,14-15,17H,9-10H2,1-5H3. The summed E-state index contributed by atoms with van der Waals surface area (Å²) in [6, 6.07) is 7.53. The summed E-state index contributed by atoms with van der Waals surface area (Å²) in [6.07, 6.45) is 2.52. The maximum atomic E-state index is 3.51. The Balaban J connectivity index is 2.08. The van der Waals surface area contributed by atoms with E-state index in [1.165, 1.54) is 23.1 Å². The lowest BCUT2D eigenvalue weighted by Gasteiger charge is -2.18. The summed E-state index contributed by atoms with van der Waals surface area (Å²) in [5, 5.41) is 3.51. The van der Waals surface area contributed by atoms with Gasteiger partial charge in [0, 0.05) is 6.04 Å². The molecule has 2 unspecified atom stereocenters. The van der Waals surface area contributed by atoms with Crippen molar-refractivity contribution in [3.63, 3.8) is 0 Å². The molecule has 1 nitrogen and oxygen atoms in total. The topological polar surface area (TPSA) is 12.0 Å². The molecule has 1 aliphatic rings. The van der Waals surface area contributed by atoms with Gasteiger partial charge in [-0.2, -0.15) is 0 Å². The minimum absolute atomic E-state index is 0.548. The lowest BCUT2D eigenvalue weighted by molar-refractivity contribution is 0.426. The molecule has 0 aliphatic heterocycles. The molecular weight excluding hydrogens is 206 g/mol. The average Bonchev–Trinajstić information content (AvgIpc) is 2.82. The Labute approximate surface area is 106 Å². The number of benzene rings is 1. The van der Waals surface area contributed by atoms with Gasteiger partial charge >= 0.3 is 0 Å². The zero-order valence-electron chi connectivity index (χ0n) is 11.8. The van der Waals surface area contributed by atoms with E-state index in [1.807, 2.05) is 0 Å². The molecule has 17 heavy (non-hydrogen) atoms. The predicted molar refractivity (Wildman–Crippen MR) is 74.4 cm³/mol. The molecule has 1 N–H and O–H groups in total. The highest BCUT2D eigenvalue weighted by Gasteiger charge is 2.49. The van der Waals surface area contributed by atoms with Crippen LogP contribution in [0, 0.1) is 25.2 Å². The fourth-order valence-corrected chi connectivity index (χ4v) is 3.08. The average molecular weight is 231 g/mol. The summed E-state index contributed by atoms with van der Waals surface area (Å²) in [7, 11) is 2.10. The minimum Gasteiger partial charge on any atom is -0.316 e. The van der Waals surface area contributed by atoms with Crippen LogP contribution in [0.1, 0.15) is 37.0 Å². The smallest absolute Gasteiger partial charge is 0.0138 e. The summed E-state index contributed by atoms with van der Waals surface area (Å²) in [5.74, 6) is 0.841. The van der Waals surface area contributed by atoms with E-state index in [-0.39, 0.29) is 0 Å².